The van der Waals surface area contributed by atoms with Gasteiger partial charge in [-0.3, -0.25) is 9.59 Å². The highest BCUT2D eigenvalue weighted by Gasteiger charge is 2.23. The minimum Gasteiger partial charge on any atom is -0.466 e. The summed E-state index contributed by atoms with van der Waals surface area (Å²) in [5, 5.41) is 5.98. The Bertz CT molecular complexity index is 1290. The molecule has 0 spiro atoms. The fraction of sp³-hybridized carbons (Fsp3) is 0.227. The number of hydrogen-bond donors (Lipinski definition) is 1. The molecule has 3 heterocycles. The van der Waals surface area contributed by atoms with Gasteiger partial charge in [0.15, 0.2) is 0 Å². The fourth-order valence-electron chi connectivity index (χ4n) is 3.25. The van der Waals surface area contributed by atoms with E-state index in [-0.39, 0.29) is 24.9 Å². The van der Waals surface area contributed by atoms with Gasteiger partial charge in [-0.15, -0.1) is 22.7 Å². The second kappa shape index (κ2) is 8.41. The maximum absolute atomic E-state index is 13.0. The van der Waals surface area contributed by atoms with Gasteiger partial charge < -0.3 is 14.5 Å². The van der Waals surface area contributed by atoms with Crippen molar-refractivity contribution in [2.75, 3.05) is 6.61 Å². The fourth-order valence-corrected chi connectivity index (χ4v) is 5.10. The zero-order chi connectivity index (χ0) is 21.3. The van der Waals surface area contributed by atoms with Gasteiger partial charge in [-0.05, 0) is 43.5 Å². The topological polar surface area (TPSA) is 85.6 Å². The van der Waals surface area contributed by atoms with E-state index in [0.29, 0.717) is 20.5 Å². The maximum Gasteiger partial charge on any atom is 0.345 e. The van der Waals surface area contributed by atoms with Gasteiger partial charge in [0.25, 0.3) is 5.91 Å². The minimum atomic E-state index is -0.503. The van der Waals surface area contributed by atoms with Gasteiger partial charge in [0.1, 0.15) is 5.58 Å². The van der Waals surface area contributed by atoms with Crippen LogP contribution in [0.2, 0.25) is 0 Å². The number of rotatable bonds is 6. The number of ether oxygens (including phenoxy) is 1. The third-order valence-corrected chi connectivity index (χ3v) is 6.78. The van der Waals surface area contributed by atoms with Gasteiger partial charge in [-0.25, -0.2) is 4.79 Å². The van der Waals surface area contributed by atoms with Crippen LogP contribution < -0.4 is 10.9 Å². The molecule has 0 saturated heterocycles. The van der Waals surface area contributed by atoms with Crippen LogP contribution in [0, 0.1) is 6.92 Å². The smallest absolute Gasteiger partial charge is 0.345 e. The third kappa shape index (κ3) is 4.01. The molecular weight excluding hydrogens is 422 g/mol. The minimum absolute atomic E-state index is 0.0370. The molecule has 1 atom stereocenters. The van der Waals surface area contributed by atoms with Gasteiger partial charge in [0, 0.05) is 10.3 Å². The van der Waals surface area contributed by atoms with E-state index in [1.807, 2.05) is 36.6 Å². The Morgan fingerprint density at radius 3 is 2.77 bits per heavy atom. The van der Waals surface area contributed by atoms with Crippen molar-refractivity contribution in [2.45, 2.75) is 26.3 Å². The maximum atomic E-state index is 13.0. The zero-order valence-corrected chi connectivity index (χ0v) is 18.0. The summed E-state index contributed by atoms with van der Waals surface area (Å²) in [4.78, 5) is 38.6. The molecule has 0 radical (unpaired) electrons. The highest BCUT2D eigenvalue weighted by molar-refractivity contribution is 7.21. The number of nitrogens with one attached hydrogen (secondary N) is 1. The van der Waals surface area contributed by atoms with E-state index < -0.39 is 11.7 Å². The van der Waals surface area contributed by atoms with Crippen molar-refractivity contribution in [3.05, 3.63) is 67.5 Å². The van der Waals surface area contributed by atoms with Crippen LogP contribution in [0.25, 0.3) is 21.1 Å². The van der Waals surface area contributed by atoms with E-state index in [0.717, 1.165) is 15.8 Å². The molecule has 4 rings (SSSR count). The lowest BCUT2D eigenvalue weighted by atomic mass is 10.1. The number of carbonyl (C=O) groups is 2. The quantitative estimate of drug-likeness (QED) is 0.343. The van der Waals surface area contributed by atoms with E-state index in [4.69, 9.17) is 9.15 Å². The summed E-state index contributed by atoms with van der Waals surface area (Å²) in [5.74, 6) is -0.728. The van der Waals surface area contributed by atoms with Gasteiger partial charge >= 0.3 is 11.6 Å². The Balaban J connectivity index is 1.68. The van der Waals surface area contributed by atoms with Crippen LogP contribution >= 0.6 is 22.7 Å². The molecule has 4 aromatic rings. The average Bonchev–Trinajstić information content (AvgIpc) is 3.39. The molecule has 0 unspecified atom stereocenters. The molecule has 0 aliphatic carbocycles. The Morgan fingerprint density at radius 1 is 1.20 bits per heavy atom. The van der Waals surface area contributed by atoms with E-state index in [1.165, 1.54) is 22.7 Å². The average molecular weight is 442 g/mol. The van der Waals surface area contributed by atoms with Gasteiger partial charge in [-0.1, -0.05) is 17.7 Å². The number of carbonyl (C=O) groups excluding carboxylic acids is 2. The zero-order valence-electron chi connectivity index (χ0n) is 16.4. The molecule has 1 amide bonds. The van der Waals surface area contributed by atoms with E-state index in [9.17, 15) is 14.4 Å². The monoisotopic (exact) mass is 441 g/mol. The molecule has 8 heteroatoms. The molecule has 6 nitrogen and oxygen atoms in total. The lowest BCUT2D eigenvalue weighted by Crippen LogP contribution is -2.29. The molecule has 0 fully saturated rings. The van der Waals surface area contributed by atoms with Crippen LogP contribution in [0.15, 0.2) is 51.0 Å². The SMILES string of the molecule is CCOC(=O)C[C@@H](NC(=O)c1cc2c(=O)oc3ccc(C)cc3c2s1)c1cccs1. The Labute approximate surface area is 180 Å². The van der Waals surface area contributed by atoms with E-state index >= 15 is 0 Å². The molecular formula is C22H19NO5S2. The van der Waals surface area contributed by atoms with Crippen LogP contribution in [0.5, 0.6) is 0 Å². The second-order valence-corrected chi connectivity index (χ2v) is 8.82. The number of aryl methyl sites for hydroxylation is 1. The van der Waals surface area contributed by atoms with Crippen molar-refractivity contribution >= 4 is 55.6 Å². The van der Waals surface area contributed by atoms with Gasteiger partial charge in [-0.2, -0.15) is 0 Å². The lowest BCUT2D eigenvalue weighted by Gasteiger charge is -2.16. The first-order chi connectivity index (χ1) is 14.5. The van der Waals surface area contributed by atoms with E-state index in [2.05, 4.69) is 5.32 Å². The first-order valence-electron chi connectivity index (χ1n) is 9.43. The van der Waals surface area contributed by atoms with Gasteiger partial charge in [0.05, 0.1) is 34.0 Å². The van der Waals surface area contributed by atoms with Crippen molar-refractivity contribution in [3.63, 3.8) is 0 Å². The second-order valence-electron chi connectivity index (χ2n) is 6.79. The molecule has 1 N–H and O–H groups in total. The van der Waals surface area contributed by atoms with Crippen LogP contribution in [0.4, 0.5) is 0 Å². The molecule has 1 aromatic carbocycles. The highest BCUT2D eigenvalue weighted by Crippen LogP contribution is 2.32. The largest absolute Gasteiger partial charge is 0.466 e. The van der Waals surface area contributed by atoms with Crippen LogP contribution in [0.1, 0.15) is 39.5 Å². The standard InChI is InChI=1S/C22H19NO5S2/c1-3-27-19(24)11-15(17-5-4-8-29-17)23-21(25)18-10-14-20(30-18)13-9-12(2)6-7-16(13)28-22(14)26/h4-10,15H,3,11H2,1-2H3,(H,23,25)/t15-/m1/s1. The number of fused-ring (bicyclic) bond motifs is 3. The number of thiophene rings is 2. The van der Waals surface area contributed by atoms with Crippen molar-refractivity contribution in [1.82, 2.24) is 5.32 Å². The highest BCUT2D eigenvalue weighted by atomic mass is 32.1. The number of amides is 1. The number of hydrogen-bond acceptors (Lipinski definition) is 7. The predicted molar refractivity (Wildman–Crippen MR) is 118 cm³/mol. The summed E-state index contributed by atoms with van der Waals surface area (Å²) in [6, 6.07) is 10.4. The summed E-state index contributed by atoms with van der Waals surface area (Å²) >= 11 is 2.70. The molecule has 0 aliphatic heterocycles. The third-order valence-electron chi connectivity index (χ3n) is 4.63. The molecule has 3 aromatic heterocycles. The Hall–Kier alpha value is -2.97. The van der Waals surface area contributed by atoms with Crippen molar-refractivity contribution in [2.24, 2.45) is 0 Å². The molecule has 0 bridgehead atoms. The van der Waals surface area contributed by atoms with Crippen LogP contribution in [-0.4, -0.2) is 18.5 Å². The van der Waals surface area contributed by atoms with E-state index in [1.54, 1.807) is 19.1 Å². The summed E-state index contributed by atoms with van der Waals surface area (Å²) in [7, 11) is 0. The molecule has 0 saturated carbocycles. The van der Waals surface area contributed by atoms with Crippen LogP contribution in [-0.2, 0) is 9.53 Å². The van der Waals surface area contributed by atoms with Crippen molar-refractivity contribution < 1.29 is 18.7 Å². The summed E-state index contributed by atoms with van der Waals surface area (Å²) in [6.07, 6.45) is 0.0370. The lowest BCUT2D eigenvalue weighted by molar-refractivity contribution is -0.143. The molecule has 0 aliphatic rings. The molecule has 154 valence electrons. The first kappa shape index (κ1) is 20.3. The first-order valence-corrected chi connectivity index (χ1v) is 11.1. The summed E-state index contributed by atoms with van der Waals surface area (Å²) in [6.45, 7) is 3.98. The predicted octanol–water partition coefficient (Wildman–Crippen LogP) is 4.80. The number of benzene rings is 1. The normalized spacial score (nSPS) is 12.2. The summed E-state index contributed by atoms with van der Waals surface area (Å²) in [5.41, 5.74) is 1.05. The Kier molecular flexibility index (Phi) is 5.69. The Morgan fingerprint density at radius 2 is 2.03 bits per heavy atom. The molecule has 30 heavy (non-hydrogen) atoms. The summed E-state index contributed by atoms with van der Waals surface area (Å²) < 4.78 is 11.2. The van der Waals surface area contributed by atoms with Crippen LogP contribution in [0.3, 0.4) is 0 Å². The van der Waals surface area contributed by atoms with Gasteiger partial charge in [0.2, 0.25) is 0 Å². The van der Waals surface area contributed by atoms with Crippen molar-refractivity contribution in [3.8, 4) is 0 Å². The number of esters is 1. The van der Waals surface area contributed by atoms with Crippen molar-refractivity contribution in [1.29, 1.82) is 0 Å².